The molecule has 0 amide bonds. The summed E-state index contributed by atoms with van der Waals surface area (Å²) in [4.78, 5) is 3.54. The third kappa shape index (κ3) is 4.37. The maximum atomic E-state index is 11.7. The predicted octanol–water partition coefficient (Wildman–Crippen LogP) is 1.37. The summed E-state index contributed by atoms with van der Waals surface area (Å²) in [6, 6.07) is 0. The summed E-state index contributed by atoms with van der Waals surface area (Å²) < 4.78 is 28.6. The van der Waals surface area contributed by atoms with Crippen LogP contribution in [0.3, 0.4) is 0 Å². The van der Waals surface area contributed by atoms with Gasteiger partial charge in [0.15, 0.2) is 0 Å². The topological polar surface area (TPSA) is 49.9 Å². The Bertz CT molecular complexity index is 359. The molecule has 1 aliphatic heterocycles. The van der Waals surface area contributed by atoms with E-state index >= 15 is 0 Å². The van der Waals surface area contributed by atoms with E-state index in [1.165, 1.54) is 0 Å². The van der Waals surface area contributed by atoms with Crippen molar-refractivity contribution in [1.29, 1.82) is 0 Å². The van der Waals surface area contributed by atoms with Gasteiger partial charge < -0.3 is 9.80 Å². The van der Waals surface area contributed by atoms with E-state index in [4.69, 9.17) is 15.8 Å². The Labute approximate surface area is 108 Å². The van der Waals surface area contributed by atoms with Crippen LogP contribution >= 0.6 is 11.6 Å². The molecule has 0 spiro atoms. The fourth-order valence-electron chi connectivity index (χ4n) is 1.51. The van der Waals surface area contributed by atoms with Crippen LogP contribution in [0.15, 0.2) is 12.4 Å². The Morgan fingerprint density at radius 1 is 1.35 bits per heavy atom. The van der Waals surface area contributed by atoms with Crippen LogP contribution in [0.5, 0.6) is 0 Å². The van der Waals surface area contributed by atoms with Crippen molar-refractivity contribution in [3.8, 4) is 0 Å². The van der Waals surface area contributed by atoms with E-state index in [0.29, 0.717) is 25.3 Å². The molecule has 0 aromatic heterocycles. The molecule has 100 valence electrons. The van der Waals surface area contributed by atoms with Crippen molar-refractivity contribution in [2.24, 2.45) is 0 Å². The van der Waals surface area contributed by atoms with Crippen molar-refractivity contribution in [3.63, 3.8) is 0 Å². The summed E-state index contributed by atoms with van der Waals surface area (Å²) in [5, 5.41) is 0. The highest BCUT2D eigenvalue weighted by atomic mass is 35.5. The second-order valence-corrected chi connectivity index (χ2v) is 5.97. The van der Waals surface area contributed by atoms with Crippen molar-refractivity contribution in [1.82, 2.24) is 9.80 Å². The van der Waals surface area contributed by atoms with Crippen molar-refractivity contribution < 1.29 is 12.6 Å². The second kappa shape index (κ2) is 6.47. The largest absolute Gasteiger partial charge is 0.336 e. The molecule has 0 saturated carbocycles. The van der Waals surface area contributed by atoms with Crippen LogP contribution in [0.1, 0.15) is 19.8 Å². The maximum absolute atomic E-state index is 11.7. The summed E-state index contributed by atoms with van der Waals surface area (Å²) in [6.45, 7) is 2.64. The summed E-state index contributed by atoms with van der Waals surface area (Å²) in [6.07, 6.45) is 4.27. The fraction of sp³-hybridized carbons (Fsp3) is 0.800. The number of unbranched alkanes of at least 4 members (excludes halogenated alkanes) is 1. The van der Waals surface area contributed by atoms with E-state index < -0.39 is 16.5 Å². The highest BCUT2D eigenvalue weighted by Crippen LogP contribution is 2.17. The first kappa shape index (κ1) is 14.6. The van der Waals surface area contributed by atoms with Gasteiger partial charge in [0.25, 0.3) is 10.1 Å². The molecule has 0 aromatic carbocycles. The zero-order valence-electron chi connectivity index (χ0n) is 10.2. The molecule has 0 N–H and O–H groups in total. The molecule has 0 radical (unpaired) electrons. The molecule has 7 heteroatoms. The Morgan fingerprint density at radius 2 is 2.06 bits per heavy atom. The minimum absolute atomic E-state index is 0.0155. The van der Waals surface area contributed by atoms with Crippen LogP contribution in [-0.4, -0.2) is 49.8 Å². The Balaban J connectivity index is 2.52. The van der Waals surface area contributed by atoms with Gasteiger partial charge in [0, 0.05) is 31.9 Å². The quantitative estimate of drug-likeness (QED) is 0.401. The van der Waals surface area contributed by atoms with Gasteiger partial charge in [0.2, 0.25) is 6.35 Å². The Hall–Kier alpha value is -0.460. The van der Waals surface area contributed by atoms with Crippen molar-refractivity contribution >= 4 is 21.7 Å². The van der Waals surface area contributed by atoms with Crippen LogP contribution in [0.25, 0.3) is 0 Å². The number of rotatable bonds is 7. The smallest absolute Gasteiger partial charge is 0.270 e. The van der Waals surface area contributed by atoms with E-state index in [1.54, 1.807) is 18.1 Å². The summed E-state index contributed by atoms with van der Waals surface area (Å²) in [5.74, 6) is 0.489. The predicted molar refractivity (Wildman–Crippen MR) is 67.9 cm³/mol. The lowest BCUT2D eigenvalue weighted by atomic mass is 10.4. The lowest BCUT2D eigenvalue weighted by Crippen LogP contribution is -2.40. The van der Waals surface area contributed by atoms with E-state index in [-0.39, 0.29) is 5.75 Å². The van der Waals surface area contributed by atoms with Gasteiger partial charge in [-0.15, -0.1) is 11.6 Å². The minimum Gasteiger partial charge on any atom is -0.336 e. The van der Waals surface area contributed by atoms with Gasteiger partial charge in [-0.25, -0.2) is 4.18 Å². The number of nitrogens with zero attached hydrogens (tertiary/aromatic N) is 2. The summed E-state index contributed by atoms with van der Waals surface area (Å²) >= 11 is 5.51. The molecule has 0 aliphatic carbocycles. The van der Waals surface area contributed by atoms with E-state index in [1.807, 2.05) is 18.0 Å². The van der Waals surface area contributed by atoms with E-state index in [2.05, 4.69) is 0 Å². The van der Waals surface area contributed by atoms with Gasteiger partial charge in [0.05, 0.1) is 5.75 Å². The minimum atomic E-state index is -3.50. The van der Waals surface area contributed by atoms with Crippen LogP contribution in [0.4, 0.5) is 0 Å². The van der Waals surface area contributed by atoms with Gasteiger partial charge in [-0.05, 0) is 19.8 Å². The Morgan fingerprint density at radius 3 is 2.65 bits per heavy atom. The highest BCUT2D eigenvalue weighted by molar-refractivity contribution is 7.86. The molecule has 1 unspecified atom stereocenters. The maximum Gasteiger partial charge on any atom is 0.270 e. The molecule has 0 fully saturated rings. The first-order chi connectivity index (χ1) is 8.00. The molecule has 1 aliphatic rings. The zero-order valence-corrected chi connectivity index (χ0v) is 11.7. The SMILES string of the molecule is CCN1C=CN(C)C1OS(=O)(=O)CCCCCl. The van der Waals surface area contributed by atoms with Crippen LogP contribution in [-0.2, 0) is 14.3 Å². The number of halogens is 1. The average molecular weight is 283 g/mol. The second-order valence-electron chi connectivity index (χ2n) is 3.87. The number of hydrogen-bond acceptors (Lipinski definition) is 5. The summed E-state index contributed by atoms with van der Waals surface area (Å²) in [7, 11) is -1.71. The third-order valence-electron chi connectivity index (χ3n) is 2.50. The van der Waals surface area contributed by atoms with Crippen molar-refractivity contribution in [3.05, 3.63) is 12.4 Å². The van der Waals surface area contributed by atoms with Gasteiger partial charge in [-0.2, -0.15) is 8.42 Å². The van der Waals surface area contributed by atoms with Crippen LogP contribution in [0.2, 0.25) is 0 Å². The molecule has 0 bridgehead atoms. The Kier molecular flexibility index (Phi) is 5.55. The molecule has 1 atom stereocenters. The average Bonchev–Trinajstić information content (AvgIpc) is 2.60. The molecular formula is C10H19ClN2O3S. The normalized spacial score (nSPS) is 20.3. The van der Waals surface area contributed by atoms with E-state index in [9.17, 15) is 8.42 Å². The first-order valence-corrected chi connectivity index (χ1v) is 7.74. The van der Waals surface area contributed by atoms with Gasteiger partial charge in [-0.3, -0.25) is 0 Å². The molecule has 1 rings (SSSR count). The molecule has 5 nitrogen and oxygen atoms in total. The number of alkyl halides is 1. The highest BCUT2D eigenvalue weighted by Gasteiger charge is 2.28. The summed E-state index contributed by atoms with van der Waals surface area (Å²) in [5.41, 5.74) is 0. The first-order valence-electron chi connectivity index (χ1n) is 5.63. The van der Waals surface area contributed by atoms with Crippen LogP contribution < -0.4 is 0 Å². The number of hydrogen-bond donors (Lipinski definition) is 0. The van der Waals surface area contributed by atoms with Gasteiger partial charge in [0.1, 0.15) is 0 Å². The molecular weight excluding hydrogens is 264 g/mol. The third-order valence-corrected chi connectivity index (χ3v) is 4.02. The lowest BCUT2D eigenvalue weighted by molar-refractivity contribution is -0.00570. The lowest BCUT2D eigenvalue weighted by Gasteiger charge is -2.28. The van der Waals surface area contributed by atoms with Gasteiger partial charge >= 0.3 is 0 Å². The van der Waals surface area contributed by atoms with E-state index in [0.717, 1.165) is 0 Å². The van der Waals surface area contributed by atoms with Crippen LogP contribution in [0, 0.1) is 0 Å². The fourth-order valence-corrected chi connectivity index (χ4v) is 2.86. The zero-order chi connectivity index (χ0) is 12.9. The monoisotopic (exact) mass is 282 g/mol. The van der Waals surface area contributed by atoms with Crippen molar-refractivity contribution in [2.75, 3.05) is 25.2 Å². The standard InChI is InChI=1S/C10H19ClN2O3S/c1-3-13-8-7-12(2)10(13)16-17(14,15)9-5-4-6-11/h7-8,10H,3-6,9H2,1-2H3. The molecule has 0 aromatic rings. The van der Waals surface area contributed by atoms with Crippen molar-refractivity contribution in [2.45, 2.75) is 26.1 Å². The molecule has 0 saturated heterocycles. The van der Waals surface area contributed by atoms with Gasteiger partial charge in [-0.1, -0.05) is 0 Å². The molecule has 17 heavy (non-hydrogen) atoms. The molecule has 1 heterocycles.